The molecule has 8 heteroatoms. The van der Waals surface area contributed by atoms with Crippen LogP contribution in [0.4, 0.5) is 4.39 Å². The van der Waals surface area contributed by atoms with Crippen LogP contribution >= 0.6 is 0 Å². The molecule has 32 heavy (non-hydrogen) atoms. The molecule has 0 bridgehead atoms. The summed E-state index contributed by atoms with van der Waals surface area (Å²) in [6.07, 6.45) is 0. The molecule has 1 atom stereocenters. The maximum Gasteiger partial charge on any atom is 0.245 e. The Kier molecular flexibility index (Phi) is 6.05. The molecule has 6 nitrogen and oxygen atoms in total. The topological polar surface area (TPSA) is 82.3 Å². The van der Waals surface area contributed by atoms with E-state index in [1.807, 2.05) is 18.2 Å². The summed E-state index contributed by atoms with van der Waals surface area (Å²) in [5.41, 5.74) is 1.42. The number of aromatic nitrogens is 2. The number of aryl methyl sites for hydroxylation is 1. The van der Waals surface area contributed by atoms with E-state index in [2.05, 4.69) is 10.1 Å². The van der Waals surface area contributed by atoms with Crippen LogP contribution in [0.5, 0.6) is 11.5 Å². The predicted octanol–water partition coefficient (Wildman–Crippen LogP) is 5.65. The van der Waals surface area contributed by atoms with Crippen molar-refractivity contribution < 1.29 is 22.1 Å². The molecule has 1 unspecified atom stereocenters. The zero-order valence-electron chi connectivity index (χ0n) is 17.5. The van der Waals surface area contributed by atoms with E-state index in [9.17, 15) is 12.8 Å². The predicted molar refractivity (Wildman–Crippen MR) is 118 cm³/mol. The quantitative estimate of drug-likeness (QED) is 0.360. The van der Waals surface area contributed by atoms with Gasteiger partial charge in [0.25, 0.3) is 0 Å². The molecule has 0 radical (unpaired) electrons. The summed E-state index contributed by atoms with van der Waals surface area (Å²) in [5, 5.41) is 2.78. The molecule has 0 aliphatic rings. The second kappa shape index (κ2) is 8.92. The van der Waals surface area contributed by atoms with Gasteiger partial charge in [-0.3, -0.25) is 0 Å². The van der Waals surface area contributed by atoms with Gasteiger partial charge in [-0.25, -0.2) is 12.8 Å². The van der Waals surface area contributed by atoms with Gasteiger partial charge in [0.1, 0.15) is 22.6 Å². The number of halogens is 1. The summed E-state index contributed by atoms with van der Waals surface area (Å²) in [6, 6.07) is 20.6. The van der Waals surface area contributed by atoms with E-state index >= 15 is 0 Å². The Morgan fingerprint density at radius 2 is 1.75 bits per heavy atom. The summed E-state index contributed by atoms with van der Waals surface area (Å²) in [4.78, 5) is 4.19. The first-order chi connectivity index (χ1) is 15.3. The van der Waals surface area contributed by atoms with Crippen molar-refractivity contribution in [1.82, 2.24) is 10.1 Å². The van der Waals surface area contributed by atoms with Crippen LogP contribution in [0, 0.1) is 12.7 Å². The largest absolute Gasteiger partial charge is 0.457 e. The smallest absolute Gasteiger partial charge is 0.245 e. The lowest BCUT2D eigenvalue weighted by atomic mass is 10.1. The second-order valence-corrected chi connectivity index (χ2v) is 9.71. The van der Waals surface area contributed by atoms with E-state index < -0.39 is 20.9 Å². The van der Waals surface area contributed by atoms with Gasteiger partial charge in [-0.15, -0.1) is 0 Å². The number of hydrogen-bond donors (Lipinski definition) is 0. The number of benzene rings is 3. The average molecular weight is 453 g/mol. The standard InChI is InChI=1S/C24H21FN2O4S/c1-16-12-13-18(14-21(16)25)23-26-24(31-27-23)17(2)32(28,29)15-19-8-6-7-11-22(19)30-20-9-4-3-5-10-20/h3-14,17H,15H2,1-2H3. The Bertz CT molecular complexity index is 1340. The summed E-state index contributed by atoms with van der Waals surface area (Å²) >= 11 is 0. The summed E-state index contributed by atoms with van der Waals surface area (Å²) in [6.45, 7) is 3.14. The molecule has 164 valence electrons. The normalized spacial score (nSPS) is 12.5. The summed E-state index contributed by atoms with van der Waals surface area (Å²) in [5.74, 6) is 0.475. The molecule has 0 spiro atoms. The zero-order valence-corrected chi connectivity index (χ0v) is 18.3. The van der Waals surface area contributed by atoms with Gasteiger partial charge in [-0.2, -0.15) is 4.98 Å². The Balaban J connectivity index is 1.56. The van der Waals surface area contributed by atoms with Crippen molar-refractivity contribution in [2.75, 3.05) is 0 Å². The van der Waals surface area contributed by atoms with Crippen LogP contribution in [0.1, 0.15) is 29.2 Å². The fourth-order valence-corrected chi connectivity index (χ4v) is 4.41. The first kappa shape index (κ1) is 21.7. The third-order valence-corrected chi connectivity index (χ3v) is 7.05. The molecule has 0 fully saturated rings. The molecular weight excluding hydrogens is 431 g/mol. The lowest BCUT2D eigenvalue weighted by Crippen LogP contribution is -2.13. The molecular formula is C24H21FN2O4S. The van der Waals surface area contributed by atoms with Crippen LogP contribution in [0.25, 0.3) is 11.4 Å². The molecule has 0 aliphatic carbocycles. The highest BCUT2D eigenvalue weighted by Gasteiger charge is 2.29. The van der Waals surface area contributed by atoms with Crippen LogP contribution in [0.3, 0.4) is 0 Å². The molecule has 0 saturated heterocycles. The van der Waals surface area contributed by atoms with Gasteiger partial charge in [-0.1, -0.05) is 53.7 Å². The molecule has 4 rings (SSSR count). The van der Waals surface area contributed by atoms with E-state index in [4.69, 9.17) is 9.26 Å². The minimum absolute atomic E-state index is 0.0533. The van der Waals surface area contributed by atoms with Gasteiger partial charge in [0.05, 0.1) is 5.75 Å². The van der Waals surface area contributed by atoms with Gasteiger partial charge in [-0.05, 0) is 43.7 Å². The minimum Gasteiger partial charge on any atom is -0.457 e. The lowest BCUT2D eigenvalue weighted by Gasteiger charge is -2.13. The monoisotopic (exact) mass is 452 g/mol. The molecule has 3 aromatic carbocycles. The van der Waals surface area contributed by atoms with Crippen LogP contribution in [-0.4, -0.2) is 18.6 Å². The molecule has 1 aromatic heterocycles. The first-order valence-corrected chi connectivity index (χ1v) is 11.7. The molecule has 0 aliphatic heterocycles. The van der Waals surface area contributed by atoms with Gasteiger partial charge in [0, 0.05) is 11.1 Å². The number of rotatable bonds is 7. The molecule has 1 heterocycles. The molecule has 0 saturated carbocycles. The fraction of sp³-hybridized carbons (Fsp3) is 0.167. The Hall–Kier alpha value is -3.52. The van der Waals surface area contributed by atoms with Crippen molar-refractivity contribution in [3.63, 3.8) is 0 Å². The van der Waals surface area contributed by atoms with Crippen molar-refractivity contribution in [3.8, 4) is 22.9 Å². The van der Waals surface area contributed by atoms with Gasteiger partial charge in [0.15, 0.2) is 9.84 Å². The van der Waals surface area contributed by atoms with Crippen molar-refractivity contribution in [2.24, 2.45) is 0 Å². The maximum atomic E-state index is 13.9. The van der Waals surface area contributed by atoms with Gasteiger partial charge >= 0.3 is 0 Å². The van der Waals surface area contributed by atoms with Gasteiger partial charge < -0.3 is 9.26 Å². The van der Waals surface area contributed by atoms with Crippen molar-refractivity contribution >= 4 is 9.84 Å². The van der Waals surface area contributed by atoms with E-state index in [1.165, 1.54) is 13.0 Å². The van der Waals surface area contributed by atoms with E-state index in [0.717, 1.165) is 0 Å². The number of hydrogen-bond acceptors (Lipinski definition) is 6. The van der Waals surface area contributed by atoms with Crippen molar-refractivity contribution in [2.45, 2.75) is 24.9 Å². The third kappa shape index (κ3) is 4.70. The van der Waals surface area contributed by atoms with Crippen molar-refractivity contribution in [3.05, 3.63) is 95.6 Å². The zero-order chi connectivity index (χ0) is 22.7. The van der Waals surface area contributed by atoms with E-state index in [1.54, 1.807) is 55.5 Å². The van der Waals surface area contributed by atoms with Crippen LogP contribution in [0.15, 0.2) is 77.3 Å². The number of nitrogens with zero attached hydrogens (tertiary/aromatic N) is 2. The third-order valence-electron chi connectivity index (χ3n) is 5.06. The average Bonchev–Trinajstić information content (AvgIpc) is 3.27. The minimum atomic E-state index is -3.72. The maximum absolute atomic E-state index is 13.9. The van der Waals surface area contributed by atoms with Crippen LogP contribution in [0.2, 0.25) is 0 Å². The van der Waals surface area contributed by atoms with Crippen LogP contribution in [-0.2, 0) is 15.6 Å². The number of sulfone groups is 1. The Labute approximate surface area is 185 Å². The van der Waals surface area contributed by atoms with E-state index in [-0.39, 0.29) is 17.5 Å². The molecule has 0 amide bonds. The fourth-order valence-electron chi connectivity index (χ4n) is 3.08. The number of ether oxygens (including phenoxy) is 1. The summed E-state index contributed by atoms with van der Waals surface area (Å²) < 4.78 is 51.2. The van der Waals surface area contributed by atoms with Crippen molar-refractivity contribution in [1.29, 1.82) is 0 Å². The highest BCUT2D eigenvalue weighted by molar-refractivity contribution is 7.90. The van der Waals surface area contributed by atoms with E-state index in [0.29, 0.717) is 28.2 Å². The Morgan fingerprint density at radius 3 is 2.50 bits per heavy atom. The van der Waals surface area contributed by atoms with Gasteiger partial charge in [0.2, 0.25) is 11.7 Å². The second-order valence-electron chi connectivity index (χ2n) is 7.39. The highest BCUT2D eigenvalue weighted by atomic mass is 32.2. The molecule has 4 aromatic rings. The van der Waals surface area contributed by atoms with Crippen LogP contribution < -0.4 is 4.74 Å². The lowest BCUT2D eigenvalue weighted by molar-refractivity contribution is 0.376. The number of para-hydroxylation sites is 2. The molecule has 0 N–H and O–H groups in total. The highest BCUT2D eigenvalue weighted by Crippen LogP contribution is 2.31. The Morgan fingerprint density at radius 1 is 1.03 bits per heavy atom. The first-order valence-electron chi connectivity index (χ1n) is 9.96. The summed E-state index contributed by atoms with van der Waals surface area (Å²) in [7, 11) is -3.72. The SMILES string of the molecule is Cc1ccc(-c2noc(C(C)S(=O)(=O)Cc3ccccc3Oc3ccccc3)n2)cc1F.